The number of urea groups is 1. The van der Waals surface area contributed by atoms with Gasteiger partial charge in [0.1, 0.15) is 5.75 Å². The number of hydrogen-bond acceptors (Lipinski definition) is 2. The molecular formula is C14H20N2O2. The zero-order chi connectivity index (χ0) is 13.1. The van der Waals surface area contributed by atoms with E-state index in [1.807, 2.05) is 31.3 Å². The minimum Gasteiger partial charge on any atom is -0.497 e. The van der Waals surface area contributed by atoms with Crippen molar-refractivity contribution in [2.75, 3.05) is 19.5 Å². The number of ether oxygens (including phenoxy) is 1. The van der Waals surface area contributed by atoms with Crippen molar-refractivity contribution in [1.82, 2.24) is 4.90 Å². The second kappa shape index (κ2) is 5.29. The van der Waals surface area contributed by atoms with Gasteiger partial charge in [-0.15, -0.1) is 0 Å². The molecule has 4 heteroatoms. The Morgan fingerprint density at radius 3 is 2.83 bits per heavy atom. The monoisotopic (exact) mass is 248 g/mol. The van der Waals surface area contributed by atoms with Crippen LogP contribution in [0.2, 0.25) is 0 Å². The molecule has 0 aliphatic heterocycles. The zero-order valence-electron chi connectivity index (χ0n) is 11.1. The molecule has 0 saturated heterocycles. The molecule has 4 nitrogen and oxygen atoms in total. The Balaban J connectivity index is 1.96. The van der Waals surface area contributed by atoms with Crippen molar-refractivity contribution in [2.45, 2.75) is 25.8 Å². The molecule has 98 valence electrons. The Bertz CT molecular complexity index is 430. The molecule has 1 atom stereocenters. The standard InChI is InChI=1S/C14H20N2O2/c1-10(11-7-8-11)16(2)14(17)15-12-5-4-6-13(9-12)18-3/h4-6,9-11H,7-8H2,1-3H3,(H,15,17). The van der Waals surface area contributed by atoms with E-state index in [1.54, 1.807) is 12.0 Å². The number of methoxy groups -OCH3 is 1. The van der Waals surface area contributed by atoms with Gasteiger partial charge in [-0.2, -0.15) is 0 Å². The second-order valence-electron chi connectivity index (χ2n) is 4.85. The number of carbonyl (C=O) groups is 1. The Hall–Kier alpha value is -1.71. The topological polar surface area (TPSA) is 41.6 Å². The first-order valence-electron chi connectivity index (χ1n) is 6.29. The number of benzene rings is 1. The average molecular weight is 248 g/mol. The third-order valence-corrected chi connectivity index (χ3v) is 3.56. The van der Waals surface area contributed by atoms with Crippen molar-refractivity contribution >= 4 is 11.7 Å². The molecule has 1 aromatic rings. The van der Waals surface area contributed by atoms with Gasteiger partial charge in [-0.05, 0) is 37.8 Å². The lowest BCUT2D eigenvalue weighted by Gasteiger charge is -2.25. The average Bonchev–Trinajstić information content (AvgIpc) is 3.21. The largest absolute Gasteiger partial charge is 0.497 e. The number of nitrogens with zero attached hydrogens (tertiary/aromatic N) is 1. The predicted molar refractivity (Wildman–Crippen MR) is 72.0 cm³/mol. The van der Waals surface area contributed by atoms with Crippen LogP contribution in [0, 0.1) is 5.92 Å². The summed E-state index contributed by atoms with van der Waals surface area (Å²) in [5.41, 5.74) is 0.759. The molecule has 2 amide bonds. The summed E-state index contributed by atoms with van der Waals surface area (Å²) < 4.78 is 5.13. The predicted octanol–water partition coefficient (Wildman–Crippen LogP) is 2.96. The number of amides is 2. The summed E-state index contributed by atoms with van der Waals surface area (Å²) in [6.07, 6.45) is 2.47. The molecule has 0 radical (unpaired) electrons. The minimum atomic E-state index is -0.0670. The van der Waals surface area contributed by atoms with E-state index in [0.29, 0.717) is 12.0 Å². The number of hydrogen-bond donors (Lipinski definition) is 1. The van der Waals surface area contributed by atoms with E-state index in [9.17, 15) is 4.79 Å². The maximum Gasteiger partial charge on any atom is 0.321 e. The Labute approximate surface area is 108 Å². The van der Waals surface area contributed by atoms with Crippen molar-refractivity contribution < 1.29 is 9.53 Å². The molecule has 0 spiro atoms. The Morgan fingerprint density at radius 1 is 1.50 bits per heavy atom. The van der Waals surface area contributed by atoms with Crippen LogP contribution in [0.4, 0.5) is 10.5 Å². The molecule has 0 bridgehead atoms. The highest BCUT2D eigenvalue weighted by Gasteiger charge is 2.32. The quantitative estimate of drug-likeness (QED) is 0.890. The second-order valence-corrected chi connectivity index (χ2v) is 4.85. The highest BCUT2D eigenvalue weighted by molar-refractivity contribution is 5.89. The molecule has 2 rings (SSSR count). The fraction of sp³-hybridized carbons (Fsp3) is 0.500. The van der Waals surface area contributed by atoms with E-state index >= 15 is 0 Å². The van der Waals surface area contributed by atoms with Gasteiger partial charge in [0.15, 0.2) is 0 Å². The molecule has 1 aliphatic rings. The van der Waals surface area contributed by atoms with Crippen LogP contribution in [-0.2, 0) is 0 Å². The lowest BCUT2D eigenvalue weighted by atomic mass is 10.2. The third kappa shape index (κ3) is 2.94. The van der Waals surface area contributed by atoms with Gasteiger partial charge >= 0.3 is 6.03 Å². The first-order chi connectivity index (χ1) is 8.61. The zero-order valence-corrected chi connectivity index (χ0v) is 11.1. The molecule has 1 N–H and O–H groups in total. The van der Waals surface area contributed by atoms with Gasteiger partial charge in [-0.25, -0.2) is 4.79 Å². The van der Waals surface area contributed by atoms with Gasteiger partial charge in [-0.3, -0.25) is 0 Å². The Kier molecular flexibility index (Phi) is 3.75. The van der Waals surface area contributed by atoms with Crippen molar-refractivity contribution in [3.05, 3.63) is 24.3 Å². The van der Waals surface area contributed by atoms with Gasteiger partial charge in [-0.1, -0.05) is 6.07 Å². The van der Waals surface area contributed by atoms with Crippen molar-refractivity contribution in [2.24, 2.45) is 5.92 Å². The minimum absolute atomic E-state index is 0.0670. The van der Waals surface area contributed by atoms with Crippen molar-refractivity contribution in [3.63, 3.8) is 0 Å². The van der Waals surface area contributed by atoms with E-state index < -0.39 is 0 Å². The van der Waals surface area contributed by atoms with Gasteiger partial charge < -0.3 is 15.0 Å². The molecule has 18 heavy (non-hydrogen) atoms. The summed E-state index contributed by atoms with van der Waals surface area (Å²) >= 11 is 0. The van der Waals surface area contributed by atoms with Gasteiger partial charge in [0.05, 0.1) is 7.11 Å². The summed E-state index contributed by atoms with van der Waals surface area (Å²) in [7, 11) is 3.46. The van der Waals surface area contributed by atoms with Crippen LogP contribution in [0.15, 0.2) is 24.3 Å². The summed E-state index contributed by atoms with van der Waals surface area (Å²) in [5, 5.41) is 2.89. The lowest BCUT2D eigenvalue weighted by molar-refractivity contribution is 0.201. The smallest absolute Gasteiger partial charge is 0.321 e. The first-order valence-corrected chi connectivity index (χ1v) is 6.29. The highest BCUT2D eigenvalue weighted by atomic mass is 16.5. The van der Waals surface area contributed by atoms with Crippen molar-refractivity contribution in [1.29, 1.82) is 0 Å². The molecule has 0 heterocycles. The van der Waals surface area contributed by atoms with E-state index in [0.717, 1.165) is 11.4 Å². The van der Waals surface area contributed by atoms with Crippen LogP contribution in [-0.4, -0.2) is 31.1 Å². The van der Waals surface area contributed by atoms with Crippen LogP contribution in [0.25, 0.3) is 0 Å². The molecule has 1 fully saturated rings. The molecule has 0 aromatic heterocycles. The summed E-state index contributed by atoms with van der Waals surface area (Å²) in [6.45, 7) is 2.10. The van der Waals surface area contributed by atoms with Crippen molar-refractivity contribution in [3.8, 4) is 5.75 Å². The maximum atomic E-state index is 12.1. The van der Waals surface area contributed by atoms with Crippen LogP contribution in [0.3, 0.4) is 0 Å². The first kappa shape index (κ1) is 12.7. The lowest BCUT2D eigenvalue weighted by Crippen LogP contribution is -2.39. The normalized spacial score (nSPS) is 15.9. The number of carbonyl (C=O) groups excluding carboxylic acids is 1. The summed E-state index contributed by atoms with van der Waals surface area (Å²) in [5.74, 6) is 1.41. The number of rotatable bonds is 4. The Morgan fingerprint density at radius 2 is 2.22 bits per heavy atom. The summed E-state index contributed by atoms with van der Waals surface area (Å²) in [6, 6.07) is 7.62. The maximum absolute atomic E-state index is 12.1. The van der Waals surface area contributed by atoms with Gasteiger partial charge in [0.25, 0.3) is 0 Å². The highest BCUT2D eigenvalue weighted by Crippen LogP contribution is 2.34. The molecule has 1 aromatic carbocycles. The van der Waals surface area contributed by atoms with E-state index in [1.165, 1.54) is 12.8 Å². The van der Waals surface area contributed by atoms with Gasteiger partial charge in [0, 0.05) is 24.8 Å². The summed E-state index contributed by atoms with van der Waals surface area (Å²) in [4.78, 5) is 13.8. The fourth-order valence-corrected chi connectivity index (χ4v) is 1.99. The molecule has 1 saturated carbocycles. The molecular weight excluding hydrogens is 228 g/mol. The van der Waals surface area contributed by atoms with Crippen LogP contribution in [0.1, 0.15) is 19.8 Å². The van der Waals surface area contributed by atoms with Crippen LogP contribution in [0.5, 0.6) is 5.75 Å². The number of nitrogens with one attached hydrogen (secondary N) is 1. The number of anilines is 1. The third-order valence-electron chi connectivity index (χ3n) is 3.56. The van der Waals surface area contributed by atoms with Crippen LogP contribution >= 0.6 is 0 Å². The fourth-order valence-electron chi connectivity index (χ4n) is 1.99. The SMILES string of the molecule is COc1cccc(NC(=O)N(C)C(C)C2CC2)c1. The molecule has 1 unspecified atom stereocenters. The van der Waals surface area contributed by atoms with Gasteiger partial charge in [0.2, 0.25) is 0 Å². The van der Waals surface area contributed by atoms with E-state index in [4.69, 9.17) is 4.74 Å². The van der Waals surface area contributed by atoms with Crippen LogP contribution < -0.4 is 10.1 Å². The van der Waals surface area contributed by atoms with E-state index in [-0.39, 0.29) is 6.03 Å². The molecule has 1 aliphatic carbocycles. The van der Waals surface area contributed by atoms with E-state index in [2.05, 4.69) is 12.2 Å².